The molecule has 1 N–H and O–H groups in total. The molecule has 1 aliphatic rings. The molecular formula is C18H18FN3O7S. The van der Waals surface area contributed by atoms with Crippen LogP contribution in [-0.2, 0) is 23.8 Å². The van der Waals surface area contributed by atoms with Gasteiger partial charge in [-0.1, -0.05) is 6.07 Å². The van der Waals surface area contributed by atoms with Gasteiger partial charge in [-0.05, 0) is 18.4 Å². The summed E-state index contributed by atoms with van der Waals surface area (Å²) in [6.07, 6.45) is -3.47. The van der Waals surface area contributed by atoms with Crippen LogP contribution in [0.4, 0.5) is 10.2 Å². The summed E-state index contributed by atoms with van der Waals surface area (Å²) in [7, 11) is 0. The maximum absolute atomic E-state index is 14.6. The van der Waals surface area contributed by atoms with E-state index in [4.69, 9.17) is 14.2 Å². The van der Waals surface area contributed by atoms with Crippen molar-refractivity contribution in [3.63, 3.8) is 0 Å². The average molecular weight is 439 g/mol. The minimum atomic E-state index is -1.29. The molecule has 12 heteroatoms. The molecule has 0 saturated carbocycles. The molecule has 160 valence electrons. The van der Waals surface area contributed by atoms with Gasteiger partial charge in [0.1, 0.15) is 0 Å². The predicted molar refractivity (Wildman–Crippen MR) is 101 cm³/mol. The van der Waals surface area contributed by atoms with Gasteiger partial charge >= 0.3 is 17.6 Å². The van der Waals surface area contributed by atoms with Crippen molar-refractivity contribution in [3.05, 3.63) is 44.9 Å². The van der Waals surface area contributed by atoms with Crippen molar-refractivity contribution in [2.24, 2.45) is 0 Å². The number of anilines is 1. The summed E-state index contributed by atoms with van der Waals surface area (Å²) < 4.78 is 31.3. The van der Waals surface area contributed by atoms with Gasteiger partial charge in [0.15, 0.2) is 30.1 Å². The second kappa shape index (κ2) is 8.71. The molecule has 2 aromatic heterocycles. The number of rotatable bonds is 5. The largest absolute Gasteiger partial charge is 0.456 e. The third kappa shape index (κ3) is 4.54. The van der Waals surface area contributed by atoms with E-state index < -0.39 is 59.7 Å². The van der Waals surface area contributed by atoms with Crippen LogP contribution in [0.1, 0.15) is 36.7 Å². The lowest BCUT2D eigenvalue weighted by molar-refractivity contribution is -0.165. The zero-order chi connectivity index (χ0) is 22.0. The Labute approximate surface area is 173 Å². The average Bonchev–Trinajstić information content (AvgIpc) is 3.28. The number of amides is 1. The fraction of sp³-hybridized carbons (Fsp3) is 0.389. The van der Waals surface area contributed by atoms with Gasteiger partial charge in [-0.15, -0.1) is 11.3 Å². The van der Waals surface area contributed by atoms with Gasteiger partial charge in [0.05, 0.1) is 17.2 Å². The fourth-order valence-electron chi connectivity index (χ4n) is 2.99. The van der Waals surface area contributed by atoms with Gasteiger partial charge in [0.2, 0.25) is 0 Å². The first-order chi connectivity index (χ1) is 14.2. The molecule has 30 heavy (non-hydrogen) atoms. The maximum Gasteiger partial charge on any atom is 0.351 e. The monoisotopic (exact) mass is 439 g/mol. The van der Waals surface area contributed by atoms with E-state index in [0.29, 0.717) is 4.88 Å². The van der Waals surface area contributed by atoms with Gasteiger partial charge in [-0.25, -0.2) is 9.18 Å². The third-order valence-corrected chi connectivity index (χ3v) is 5.05. The van der Waals surface area contributed by atoms with Crippen molar-refractivity contribution < 1.29 is 33.0 Å². The van der Waals surface area contributed by atoms with Crippen LogP contribution in [0, 0.1) is 5.82 Å². The molecule has 2 aromatic rings. The van der Waals surface area contributed by atoms with E-state index >= 15 is 0 Å². The number of nitrogens with zero attached hydrogens (tertiary/aromatic N) is 2. The predicted octanol–water partition coefficient (Wildman–Crippen LogP) is 1.48. The summed E-state index contributed by atoms with van der Waals surface area (Å²) in [6.45, 7) is 3.85. The zero-order valence-electron chi connectivity index (χ0n) is 16.2. The Morgan fingerprint density at radius 2 is 1.90 bits per heavy atom. The second-order valence-electron chi connectivity index (χ2n) is 6.44. The molecule has 0 bridgehead atoms. The van der Waals surface area contributed by atoms with Crippen LogP contribution in [0.3, 0.4) is 0 Å². The summed E-state index contributed by atoms with van der Waals surface area (Å²) in [6, 6.07) is 3.18. The first kappa shape index (κ1) is 21.6. The van der Waals surface area contributed by atoms with E-state index in [9.17, 15) is 23.6 Å². The molecule has 0 radical (unpaired) electrons. The quantitative estimate of drug-likeness (QED) is 0.695. The number of hydrogen-bond acceptors (Lipinski definition) is 9. The van der Waals surface area contributed by atoms with Crippen LogP contribution in [0.5, 0.6) is 0 Å². The minimum absolute atomic E-state index is 0.312. The molecule has 3 rings (SSSR count). The van der Waals surface area contributed by atoms with Gasteiger partial charge in [-0.2, -0.15) is 4.98 Å². The molecule has 0 unspecified atom stereocenters. The van der Waals surface area contributed by atoms with Crippen LogP contribution < -0.4 is 11.0 Å². The SMILES string of the molecule is CC(=O)O[C@@H]1[C@H](OC(C)=O)[C@@H](C)O[C@H]1n1cc(F)c(NC(=O)c2cccs2)nc1=O. The van der Waals surface area contributed by atoms with Crippen LogP contribution in [0.25, 0.3) is 0 Å². The minimum Gasteiger partial charge on any atom is -0.456 e. The van der Waals surface area contributed by atoms with E-state index in [1.165, 1.54) is 13.0 Å². The molecule has 1 amide bonds. The van der Waals surface area contributed by atoms with Gasteiger partial charge in [-0.3, -0.25) is 19.0 Å². The number of esters is 2. The van der Waals surface area contributed by atoms with E-state index in [1.807, 2.05) is 0 Å². The van der Waals surface area contributed by atoms with Crippen LogP contribution in [-0.4, -0.2) is 45.7 Å². The number of carbonyl (C=O) groups is 3. The molecule has 0 spiro atoms. The Morgan fingerprint density at radius 3 is 2.50 bits per heavy atom. The highest BCUT2D eigenvalue weighted by Gasteiger charge is 2.48. The molecule has 3 heterocycles. The van der Waals surface area contributed by atoms with Crippen molar-refractivity contribution in [3.8, 4) is 0 Å². The third-order valence-electron chi connectivity index (χ3n) is 4.18. The molecule has 0 aromatic carbocycles. The fourth-order valence-corrected chi connectivity index (χ4v) is 3.61. The summed E-state index contributed by atoms with van der Waals surface area (Å²) in [5.74, 6) is -3.53. The molecule has 4 atom stereocenters. The Kier molecular flexibility index (Phi) is 6.27. The highest BCUT2D eigenvalue weighted by molar-refractivity contribution is 7.12. The van der Waals surface area contributed by atoms with Gasteiger partial charge in [0.25, 0.3) is 5.91 Å². The lowest BCUT2D eigenvalue weighted by atomic mass is 10.1. The maximum atomic E-state index is 14.6. The molecule has 10 nitrogen and oxygen atoms in total. The van der Waals surface area contributed by atoms with E-state index in [-0.39, 0.29) is 0 Å². The smallest absolute Gasteiger partial charge is 0.351 e. The molecule has 1 saturated heterocycles. The Balaban J connectivity index is 1.91. The first-order valence-electron chi connectivity index (χ1n) is 8.80. The number of aromatic nitrogens is 2. The number of thiophene rings is 1. The topological polar surface area (TPSA) is 126 Å². The van der Waals surface area contributed by atoms with Crippen molar-refractivity contribution in [1.29, 1.82) is 0 Å². The van der Waals surface area contributed by atoms with Crippen LogP contribution in [0.2, 0.25) is 0 Å². The van der Waals surface area contributed by atoms with E-state index in [0.717, 1.165) is 29.0 Å². The number of nitrogens with one attached hydrogen (secondary N) is 1. The summed E-state index contributed by atoms with van der Waals surface area (Å²) in [5.41, 5.74) is -0.962. The Bertz CT molecular complexity index is 1020. The first-order valence-corrected chi connectivity index (χ1v) is 9.68. The number of halogens is 1. The summed E-state index contributed by atoms with van der Waals surface area (Å²) in [5, 5.41) is 3.91. The molecule has 0 aliphatic carbocycles. The standard InChI is InChI=1S/C18H18FN3O7S/c1-8-13(28-9(2)23)14(29-10(3)24)17(27-8)22-7-11(19)15(21-18(22)26)20-16(25)12-5-4-6-30-12/h4-8,13-14,17H,1-3H3,(H,20,21,25,26)/t8-,13-,14-,17-/m1/s1. The van der Waals surface area contributed by atoms with Crippen molar-refractivity contribution in [2.45, 2.75) is 45.3 Å². The number of carbonyl (C=O) groups excluding carboxylic acids is 3. The second-order valence-corrected chi connectivity index (χ2v) is 7.39. The number of ether oxygens (including phenoxy) is 3. The zero-order valence-corrected chi connectivity index (χ0v) is 17.0. The molecule has 1 aliphatic heterocycles. The normalized spacial score (nSPS) is 23.1. The van der Waals surface area contributed by atoms with E-state index in [2.05, 4.69) is 10.3 Å². The van der Waals surface area contributed by atoms with Crippen molar-refractivity contribution in [2.75, 3.05) is 5.32 Å². The highest BCUT2D eigenvalue weighted by Crippen LogP contribution is 2.33. The lowest BCUT2D eigenvalue weighted by Gasteiger charge is -2.23. The molecular weight excluding hydrogens is 421 g/mol. The van der Waals surface area contributed by atoms with Crippen molar-refractivity contribution >= 4 is 35.0 Å². The lowest BCUT2D eigenvalue weighted by Crippen LogP contribution is -2.40. The summed E-state index contributed by atoms with van der Waals surface area (Å²) in [4.78, 5) is 51.4. The highest BCUT2D eigenvalue weighted by atomic mass is 32.1. The van der Waals surface area contributed by atoms with Crippen LogP contribution in [0.15, 0.2) is 28.5 Å². The Hall–Kier alpha value is -3.12. The van der Waals surface area contributed by atoms with Crippen LogP contribution >= 0.6 is 11.3 Å². The van der Waals surface area contributed by atoms with Crippen molar-refractivity contribution in [1.82, 2.24) is 9.55 Å². The van der Waals surface area contributed by atoms with Gasteiger partial charge < -0.3 is 19.5 Å². The summed E-state index contributed by atoms with van der Waals surface area (Å²) >= 11 is 1.14. The Morgan fingerprint density at radius 1 is 1.23 bits per heavy atom. The van der Waals surface area contributed by atoms with E-state index in [1.54, 1.807) is 18.4 Å². The molecule has 1 fully saturated rings. The van der Waals surface area contributed by atoms with Gasteiger partial charge in [0, 0.05) is 13.8 Å². The number of hydrogen-bond donors (Lipinski definition) is 1.